The van der Waals surface area contributed by atoms with Crippen LogP contribution in [0.5, 0.6) is 0 Å². The highest BCUT2D eigenvalue weighted by molar-refractivity contribution is 7.20. The second-order valence-electron chi connectivity index (χ2n) is 6.31. The van der Waals surface area contributed by atoms with Gasteiger partial charge >= 0.3 is 0 Å². The van der Waals surface area contributed by atoms with Gasteiger partial charge in [-0.25, -0.2) is 4.98 Å². The zero-order valence-electron chi connectivity index (χ0n) is 14.8. The lowest BCUT2D eigenvalue weighted by atomic mass is 10.1. The molecule has 1 amide bonds. The molecule has 0 aliphatic rings. The van der Waals surface area contributed by atoms with Crippen LogP contribution in [0.2, 0.25) is 0 Å². The quantitative estimate of drug-likeness (QED) is 0.748. The van der Waals surface area contributed by atoms with Crippen molar-refractivity contribution in [1.29, 1.82) is 0 Å². The Hall–Kier alpha value is -2.80. The first-order chi connectivity index (χ1) is 12.3. The van der Waals surface area contributed by atoms with Gasteiger partial charge in [0.25, 0.3) is 11.5 Å². The van der Waals surface area contributed by atoms with E-state index in [4.69, 9.17) is 5.73 Å². The highest BCUT2D eigenvalue weighted by Crippen LogP contribution is 2.29. The molecule has 26 heavy (non-hydrogen) atoms. The van der Waals surface area contributed by atoms with Gasteiger partial charge in [-0.05, 0) is 32.4 Å². The zero-order valence-corrected chi connectivity index (χ0v) is 15.6. The fourth-order valence-electron chi connectivity index (χ4n) is 2.93. The van der Waals surface area contributed by atoms with Crippen LogP contribution >= 0.6 is 11.3 Å². The molecule has 3 rings (SSSR count). The first-order valence-electron chi connectivity index (χ1n) is 8.19. The topological polar surface area (TPSA) is 95.0 Å². The van der Waals surface area contributed by atoms with Crippen LogP contribution in [-0.2, 0) is 11.3 Å². The van der Waals surface area contributed by atoms with Crippen molar-refractivity contribution in [3.8, 4) is 11.4 Å². The van der Waals surface area contributed by atoms with Gasteiger partial charge in [-0.15, -0.1) is 11.3 Å². The number of rotatable bonds is 5. The van der Waals surface area contributed by atoms with E-state index in [2.05, 4.69) is 4.98 Å². The number of aryl methyl sites for hydroxylation is 2. The van der Waals surface area contributed by atoms with E-state index in [-0.39, 0.29) is 24.3 Å². The van der Waals surface area contributed by atoms with Crippen molar-refractivity contribution in [2.45, 2.75) is 33.7 Å². The molecule has 0 unspecified atom stereocenters. The van der Waals surface area contributed by atoms with Crippen molar-refractivity contribution in [2.24, 2.45) is 5.73 Å². The number of ketones is 1. The molecule has 2 heterocycles. The number of amides is 1. The van der Waals surface area contributed by atoms with Crippen LogP contribution in [0.1, 0.15) is 34.1 Å². The summed E-state index contributed by atoms with van der Waals surface area (Å²) in [7, 11) is 0. The predicted molar refractivity (Wildman–Crippen MR) is 103 cm³/mol. The molecule has 0 saturated heterocycles. The van der Waals surface area contributed by atoms with E-state index in [1.165, 1.54) is 11.5 Å². The SMILES string of the molecule is CC(=O)CCn1c(-c2cccc(C)c2)nc2sc(C(N)=O)c(C)c2c1=O. The summed E-state index contributed by atoms with van der Waals surface area (Å²) in [6, 6.07) is 7.67. The largest absolute Gasteiger partial charge is 0.365 e. The average molecular weight is 369 g/mol. The fraction of sp³-hybridized carbons (Fsp3) is 0.263. The molecule has 0 radical (unpaired) electrons. The summed E-state index contributed by atoms with van der Waals surface area (Å²) in [6.07, 6.45) is 0.234. The van der Waals surface area contributed by atoms with Gasteiger partial charge in [0.1, 0.15) is 16.4 Å². The maximum atomic E-state index is 13.1. The van der Waals surface area contributed by atoms with Gasteiger partial charge in [-0.1, -0.05) is 23.8 Å². The Balaban J connectivity index is 2.34. The number of primary amides is 1. The molecule has 6 nitrogen and oxygen atoms in total. The average Bonchev–Trinajstić information content (AvgIpc) is 2.91. The number of carbonyl (C=O) groups is 2. The lowest BCUT2D eigenvalue weighted by Gasteiger charge is -2.12. The lowest BCUT2D eigenvalue weighted by molar-refractivity contribution is -0.117. The molecule has 2 aromatic heterocycles. The van der Waals surface area contributed by atoms with Gasteiger partial charge in [-0.3, -0.25) is 19.0 Å². The number of hydrogen-bond acceptors (Lipinski definition) is 5. The third-order valence-corrected chi connectivity index (χ3v) is 5.44. The maximum Gasteiger partial charge on any atom is 0.262 e. The fourth-order valence-corrected chi connectivity index (χ4v) is 3.96. The lowest BCUT2D eigenvalue weighted by Crippen LogP contribution is -2.24. The summed E-state index contributed by atoms with van der Waals surface area (Å²) >= 11 is 1.13. The van der Waals surface area contributed by atoms with E-state index in [0.717, 1.165) is 22.5 Å². The second-order valence-corrected chi connectivity index (χ2v) is 7.31. The molecule has 0 spiro atoms. The molecule has 0 atom stereocenters. The highest BCUT2D eigenvalue weighted by atomic mass is 32.1. The highest BCUT2D eigenvalue weighted by Gasteiger charge is 2.21. The van der Waals surface area contributed by atoms with Crippen LogP contribution < -0.4 is 11.3 Å². The molecule has 134 valence electrons. The Bertz CT molecular complexity index is 1100. The summed E-state index contributed by atoms with van der Waals surface area (Å²) in [5.41, 5.74) is 7.54. The first kappa shape index (κ1) is 18.0. The molecule has 1 aromatic carbocycles. The Kier molecular flexibility index (Phi) is 4.73. The number of benzene rings is 1. The van der Waals surface area contributed by atoms with Crippen LogP contribution in [0.25, 0.3) is 21.6 Å². The minimum absolute atomic E-state index is 0.00736. The molecule has 0 fully saturated rings. The van der Waals surface area contributed by atoms with Crippen LogP contribution in [0.15, 0.2) is 29.1 Å². The zero-order chi connectivity index (χ0) is 19.0. The molecule has 0 aliphatic heterocycles. The number of aromatic nitrogens is 2. The number of nitrogens with two attached hydrogens (primary N) is 1. The molecular weight excluding hydrogens is 350 g/mol. The van der Waals surface area contributed by atoms with Crippen LogP contribution in [0.4, 0.5) is 0 Å². The van der Waals surface area contributed by atoms with E-state index in [0.29, 0.717) is 26.5 Å². The van der Waals surface area contributed by atoms with Gasteiger partial charge in [-0.2, -0.15) is 0 Å². The van der Waals surface area contributed by atoms with E-state index in [9.17, 15) is 14.4 Å². The standard InChI is InChI=1S/C19H19N3O3S/c1-10-5-4-6-13(9-10)17-21-18-14(12(3)15(26-18)16(20)24)19(25)22(17)8-7-11(2)23/h4-6,9H,7-8H2,1-3H3,(H2,20,24). The molecule has 7 heteroatoms. The Labute approximate surface area is 154 Å². The van der Waals surface area contributed by atoms with E-state index in [1.54, 1.807) is 6.92 Å². The molecular formula is C19H19N3O3S. The van der Waals surface area contributed by atoms with Crippen molar-refractivity contribution in [3.63, 3.8) is 0 Å². The third-order valence-electron chi connectivity index (χ3n) is 4.24. The Morgan fingerprint density at radius 2 is 2.00 bits per heavy atom. The van der Waals surface area contributed by atoms with E-state index < -0.39 is 5.91 Å². The van der Waals surface area contributed by atoms with Crippen molar-refractivity contribution in [3.05, 3.63) is 50.6 Å². The summed E-state index contributed by atoms with van der Waals surface area (Å²) in [4.78, 5) is 41.7. The summed E-state index contributed by atoms with van der Waals surface area (Å²) in [6.45, 7) is 5.39. The number of hydrogen-bond donors (Lipinski definition) is 1. The van der Waals surface area contributed by atoms with Crippen molar-refractivity contribution < 1.29 is 9.59 Å². The first-order valence-corrected chi connectivity index (χ1v) is 9.01. The van der Waals surface area contributed by atoms with Crippen molar-refractivity contribution >= 4 is 33.2 Å². The van der Waals surface area contributed by atoms with E-state index >= 15 is 0 Å². The minimum Gasteiger partial charge on any atom is -0.365 e. The summed E-state index contributed by atoms with van der Waals surface area (Å²) in [5, 5.41) is 0.392. The molecule has 2 N–H and O–H groups in total. The third kappa shape index (κ3) is 3.17. The summed E-state index contributed by atoms with van der Waals surface area (Å²) in [5.74, 6) is -0.0888. The molecule has 3 aromatic rings. The summed E-state index contributed by atoms with van der Waals surface area (Å²) < 4.78 is 1.52. The van der Waals surface area contributed by atoms with Gasteiger partial charge in [0.15, 0.2) is 0 Å². The van der Waals surface area contributed by atoms with Gasteiger partial charge in [0.2, 0.25) is 0 Å². The van der Waals surface area contributed by atoms with E-state index in [1.807, 2.05) is 31.2 Å². The van der Waals surface area contributed by atoms with Gasteiger partial charge in [0, 0.05) is 18.5 Å². The number of thiophene rings is 1. The monoisotopic (exact) mass is 369 g/mol. The smallest absolute Gasteiger partial charge is 0.262 e. The number of Topliss-reactive ketones (excluding diaryl/α,β-unsaturated/α-hetero) is 1. The Morgan fingerprint density at radius 1 is 1.27 bits per heavy atom. The van der Waals surface area contributed by atoms with Crippen molar-refractivity contribution in [2.75, 3.05) is 0 Å². The maximum absolute atomic E-state index is 13.1. The Morgan fingerprint density at radius 3 is 2.62 bits per heavy atom. The van der Waals surface area contributed by atoms with Gasteiger partial charge in [0.05, 0.1) is 10.3 Å². The minimum atomic E-state index is -0.572. The molecule has 0 aliphatic carbocycles. The predicted octanol–water partition coefficient (Wildman–Crippen LogP) is 2.82. The van der Waals surface area contributed by atoms with Gasteiger partial charge < -0.3 is 5.73 Å². The molecule has 0 bridgehead atoms. The second kappa shape index (κ2) is 6.84. The number of nitrogens with zero attached hydrogens (tertiary/aromatic N) is 2. The van der Waals surface area contributed by atoms with Crippen LogP contribution in [0.3, 0.4) is 0 Å². The van der Waals surface area contributed by atoms with Crippen molar-refractivity contribution in [1.82, 2.24) is 9.55 Å². The normalized spacial score (nSPS) is 11.0. The number of fused-ring (bicyclic) bond motifs is 1. The van der Waals surface area contributed by atoms with Crippen LogP contribution in [0, 0.1) is 13.8 Å². The molecule has 0 saturated carbocycles. The number of carbonyl (C=O) groups excluding carboxylic acids is 2. The van der Waals surface area contributed by atoms with Crippen LogP contribution in [-0.4, -0.2) is 21.2 Å².